The van der Waals surface area contributed by atoms with Crippen molar-refractivity contribution in [3.63, 3.8) is 0 Å². The molecule has 8 heteroatoms. The summed E-state index contributed by atoms with van der Waals surface area (Å²) >= 11 is 0. The third kappa shape index (κ3) is 6.99. The van der Waals surface area contributed by atoms with E-state index >= 15 is 0 Å². The number of hydrogen-bond donors (Lipinski definition) is 3. The van der Waals surface area contributed by atoms with Crippen LogP contribution in [-0.2, 0) is 16.0 Å². The number of benzene rings is 1. The third-order valence-corrected chi connectivity index (χ3v) is 3.38. The fourth-order valence-corrected chi connectivity index (χ4v) is 1.98. The fraction of sp³-hybridized carbons (Fsp3) is 0.500. The van der Waals surface area contributed by atoms with Crippen molar-refractivity contribution in [2.24, 2.45) is 5.41 Å². The molecule has 1 aromatic carbocycles. The molecule has 0 heterocycles. The van der Waals surface area contributed by atoms with Gasteiger partial charge in [-0.15, -0.1) is 0 Å². The van der Waals surface area contributed by atoms with Crippen LogP contribution < -0.4 is 10.6 Å². The predicted octanol–water partition coefficient (Wildman–Crippen LogP) is 2.25. The van der Waals surface area contributed by atoms with Crippen LogP contribution in [0.2, 0.25) is 0 Å². The summed E-state index contributed by atoms with van der Waals surface area (Å²) in [5, 5.41) is 13.5. The summed E-state index contributed by atoms with van der Waals surface area (Å²) in [5.74, 6) is -1.98. The highest BCUT2D eigenvalue weighted by atomic mass is 19.4. The molecule has 0 atom stereocenters. The Morgan fingerprint density at radius 1 is 1.12 bits per heavy atom. The number of carbonyl (C=O) groups is 2. The van der Waals surface area contributed by atoms with Gasteiger partial charge in [0.15, 0.2) is 0 Å². The van der Waals surface area contributed by atoms with Crippen LogP contribution in [0.4, 0.5) is 18.9 Å². The molecule has 3 N–H and O–H groups in total. The Kier molecular flexibility index (Phi) is 6.77. The van der Waals surface area contributed by atoms with Crippen molar-refractivity contribution >= 4 is 17.5 Å². The van der Waals surface area contributed by atoms with Gasteiger partial charge in [-0.25, -0.2) is 0 Å². The highest BCUT2D eigenvalue weighted by Crippen LogP contribution is 2.26. The van der Waals surface area contributed by atoms with Crippen LogP contribution in [0.1, 0.15) is 25.8 Å². The lowest BCUT2D eigenvalue weighted by atomic mass is 9.90. The monoisotopic (exact) mass is 346 g/mol. The summed E-state index contributed by atoms with van der Waals surface area (Å²) in [4.78, 5) is 23.6. The quantitative estimate of drug-likeness (QED) is 0.692. The largest absolute Gasteiger partial charge is 0.396 e. The SMILES string of the molecule is CC(C)(CCO)CNC(=O)C(=O)Nc1ccccc1CC(F)(F)F. The van der Waals surface area contributed by atoms with E-state index in [1.807, 2.05) is 0 Å². The number of nitrogens with one attached hydrogen (secondary N) is 2. The number of carbonyl (C=O) groups excluding carboxylic acids is 2. The maximum absolute atomic E-state index is 12.5. The minimum absolute atomic E-state index is 0.0513. The molecule has 24 heavy (non-hydrogen) atoms. The van der Waals surface area contributed by atoms with Gasteiger partial charge in [0.05, 0.1) is 6.42 Å². The van der Waals surface area contributed by atoms with E-state index in [-0.39, 0.29) is 24.4 Å². The van der Waals surface area contributed by atoms with Gasteiger partial charge in [-0.1, -0.05) is 32.0 Å². The molecule has 0 saturated heterocycles. The van der Waals surface area contributed by atoms with Gasteiger partial charge >= 0.3 is 18.0 Å². The van der Waals surface area contributed by atoms with Gasteiger partial charge in [0.2, 0.25) is 0 Å². The van der Waals surface area contributed by atoms with Crippen LogP contribution >= 0.6 is 0 Å². The Bertz CT molecular complexity index is 586. The molecule has 0 spiro atoms. The van der Waals surface area contributed by atoms with Crippen LogP contribution in [-0.4, -0.2) is 36.2 Å². The molecule has 0 saturated carbocycles. The summed E-state index contributed by atoms with van der Waals surface area (Å²) in [6.45, 7) is 3.71. The maximum Gasteiger partial charge on any atom is 0.393 e. The number of aliphatic hydroxyl groups is 1. The van der Waals surface area contributed by atoms with Gasteiger partial charge in [0.25, 0.3) is 0 Å². The third-order valence-electron chi connectivity index (χ3n) is 3.38. The summed E-state index contributed by atoms with van der Waals surface area (Å²) in [7, 11) is 0. The summed E-state index contributed by atoms with van der Waals surface area (Å²) in [6, 6.07) is 5.44. The Morgan fingerprint density at radius 3 is 2.33 bits per heavy atom. The number of para-hydroxylation sites is 1. The lowest BCUT2D eigenvalue weighted by Crippen LogP contribution is -2.41. The number of hydrogen-bond acceptors (Lipinski definition) is 3. The predicted molar refractivity (Wildman–Crippen MR) is 83.3 cm³/mol. The Morgan fingerprint density at radius 2 is 1.75 bits per heavy atom. The van der Waals surface area contributed by atoms with E-state index in [2.05, 4.69) is 10.6 Å². The van der Waals surface area contributed by atoms with Crippen LogP contribution in [0, 0.1) is 5.41 Å². The van der Waals surface area contributed by atoms with Crippen LogP contribution in [0.5, 0.6) is 0 Å². The second-order valence-corrected chi connectivity index (χ2v) is 6.22. The summed E-state index contributed by atoms with van der Waals surface area (Å²) in [5.41, 5.74) is -0.574. The normalized spacial score (nSPS) is 11.9. The first-order valence-electron chi connectivity index (χ1n) is 7.39. The van der Waals surface area contributed by atoms with Gasteiger partial charge in [-0.3, -0.25) is 9.59 Å². The minimum Gasteiger partial charge on any atom is -0.396 e. The molecule has 0 radical (unpaired) electrons. The zero-order valence-electron chi connectivity index (χ0n) is 13.5. The molecule has 1 aromatic rings. The summed E-state index contributed by atoms with van der Waals surface area (Å²) < 4.78 is 37.6. The van der Waals surface area contributed by atoms with Gasteiger partial charge in [-0.2, -0.15) is 13.2 Å². The number of alkyl halides is 3. The van der Waals surface area contributed by atoms with Gasteiger partial charge in [-0.05, 0) is 23.5 Å². The Hall–Kier alpha value is -2.09. The smallest absolute Gasteiger partial charge is 0.393 e. The zero-order chi connectivity index (χ0) is 18.4. The van der Waals surface area contributed by atoms with E-state index in [9.17, 15) is 22.8 Å². The number of aliphatic hydroxyl groups excluding tert-OH is 1. The van der Waals surface area contributed by atoms with E-state index in [1.165, 1.54) is 24.3 Å². The molecule has 0 fully saturated rings. The zero-order valence-corrected chi connectivity index (χ0v) is 13.5. The molecule has 2 amide bonds. The molecule has 134 valence electrons. The summed E-state index contributed by atoms with van der Waals surface area (Å²) in [6.07, 6.45) is -5.19. The molecule has 0 aliphatic rings. The van der Waals surface area contributed by atoms with E-state index in [0.717, 1.165) is 0 Å². The number of rotatable bonds is 6. The van der Waals surface area contributed by atoms with Crippen LogP contribution in [0.15, 0.2) is 24.3 Å². The van der Waals surface area contributed by atoms with E-state index in [0.29, 0.717) is 6.42 Å². The molecule has 5 nitrogen and oxygen atoms in total. The average Bonchev–Trinajstić information content (AvgIpc) is 2.45. The molecule has 0 aromatic heterocycles. The van der Waals surface area contributed by atoms with Crippen molar-refractivity contribution in [2.75, 3.05) is 18.5 Å². The number of anilines is 1. The van der Waals surface area contributed by atoms with Crippen LogP contribution in [0.3, 0.4) is 0 Å². The second-order valence-electron chi connectivity index (χ2n) is 6.22. The molecule has 0 aliphatic carbocycles. The first-order chi connectivity index (χ1) is 11.0. The Labute approximate surface area is 138 Å². The molecular weight excluding hydrogens is 325 g/mol. The highest BCUT2D eigenvalue weighted by Gasteiger charge is 2.29. The molecule has 0 bridgehead atoms. The maximum atomic E-state index is 12.5. The van der Waals surface area contributed by atoms with Crippen molar-refractivity contribution in [3.8, 4) is 0 Å². The van der Waals surface area contributed by atoms with Gasteiger partial charge in [0, 0.05) is 18.8 Å². The average molecular weight is 346 g/mol. The van der Waals surface area contributed by atoms with Crippen LogP contribution in [0.25, 0.3) is 0 Å². The lowest BCUT2D eigenvalue weighted by molar-refractivity contribution is -0.136. The number of halogens is 3. The van der Waals surface area contributed by atoms with E-state index in [4.69, 9.17) is 5.11 Å². The lowest BCUT2D eigenvalue weighted by Gasteiger charge is -2.23. The van der Waals surface area contributed by atoms with Crippen molar-refractivity contribution < 1.29 is 27.9 Å². The number of amides is 2. The Balaban J connectivity index is 2.69. The van der Waals surface area contributed by atoms with Gasteiger partial charge in [0.1, 0.15) is 0 Å². The van der Waals surface area contributed by atoms with E-state index < -0.39 is 29.8 Å². The molecular formula is C16H21F3N2O3. The van der Waals surface area contributed by atoms with Gasteiger partial charge < -0.3 is 15.7 Å². The fourth-order valence-electron chi connectivity index (χ4n) is 1.98. The highest BCUT2D eigenvalue weighted by molar-refractivity contribution is 6.39. The standard InChI is InChI=1S/C16H21F3N2O3/c1-15(2,7-8-22)10-20-13(23)14(24)21-12-6-4-3-5-11(12)9-16(17,18)19/h3-6,22H,7-10H2,1-2H3,(H,20,23)(H,21,24). The van der Waals surface area contributed by atoms with Crippen molar-refractivity contribution in [1.29, 1.82) is 0 Å². The van der Waals surface area contributed by atoms with Crippen molar-refractivity contribution in [1.82, 2.24) is 5.32 Å². The van der Waals surface area contributed by atoms with E-state index in [1.54, 1.807) is 13.8 Å². The molecule has 0 aliphatic heterocycles. The first kappa shape index (κ1) is 20.0. The van der Waals surface area contributed by atoms with Crippen molar-refractivity contribution in [2.45, 2.75) is 32.9 Å². The van der Waals surface area contributed by atoms with Crippen molar-refractivity contribution in [3.05, 3.63) is 29.8 Å². The minimum atomic E-state index is -4.42. The molecule has 1 rings (SSSR count). The topological polar surface area (TPSA) is 78.4 Å². The molecule has 0 unspecified atom stereocenters. The second kappa shape index (κ2) is 8.14. The first-order valence-corrected chi connectivity index (χ1v) is 7.39.